The molecular formula is C19H18F2N2O2S. The molecule has 1 aromatic heterocycles. The minimum absolute atomic E-state index is 0.0206. The fourth-order valence-corrected chi connectivity index (χ4v) is 4.74. The summed E-state index contributed by atoms with van der Waals surface area (Å²) in [6.45, 7) is 0. The molecule has 26 heavy (non-hydrogen) atoms. The lowest BCUT2D eigenvalue weighted by molar-refractivity contribution is -0.136. The number of benzene rings is 1. The summed E-state index contributed by atoms with van der Waals surface area (Å²) in [5.74, 6) is -1.75. The molecule has 2 aliphatic carbocycles. The van der Waals surface area contributed by atoms with Gasteiger partial charge in [0.1, 0.15) is 5.78 Å². The van der Waals surface area contributed by atoms with Crippen LogP contribution in [0.1, 0.15) is 32.1 Å². The molecule has 0 aliphatic heterocycles. The second-order valence-corrected chi connectivity index (χ2v) is 7.91. The van der Waals surface area contributed by atoms with E-state index in [9.17, 15) is 18.4 Å². The largest absolute Gasteiger partial charge is 0.302 e. The van der Waals surface area contributed by atoms with Crippen molar-refractivity contribution in [2.75, 3.05) is 5.32 Å². The van der Waals surface area contributed by atoms with E-state index in [1.807, 2.05) is 0 Å². The van der Waals surface area contributed by atoms with E-state index >= 15 is 0 Å². The Hall–Kier alpha value is -2.15. The van der Waals surface area contributed by atoms with Gasteiger partial charge in [-0.15, -0.1) is 11.3 Å². The number of thiazole rings is 1. The Balaban J connectivity index is 1.45. The molecular weight excluding hydrogens is 358 g/mol. The third-order valence-corrected chi connectivity index (χ3v) is 6.13. The quantitative estimate of drug-likeness (QED) is 0.863. The molecule has 3 atom stereocenters. The number of nitrogens with one attached hydrogen (secondary N) is 1. The van der Waals surface area contributed by atoms with E-state index in [0.717, 1.165) is 31.4 Å². The lowest BCUT2D eigenvalue weighted by atomic mass is 9.67. The normalized spacial score (nSPS) is 25.2. The highest BCUT2D eigenvalue weighted by Gasteiger charge is 2.41. The van der Waals surface area contributed by atoms with Gasteiger partial charge in [-0.2, -0.15) is 0 Å². The highest BCUT2D eigenvalue weighted by molar-refractivity contribution is 7.14. The average molecular weight is 376 g/mol. The molecule has 1 unspecified atom stereocenters. The van der Waals surface area contributed by atoms with E-state index in [0.29, 0.717) is 35.0 Å². The number of fused-ring (bicyclic) bond motifs is 2. The summed E-state index contributed by atoms with van der Waals surface area (Å²) in [5, 5.41) is 4.94. The van der Waals surface area contributed by atoms with Gasteiger partial charge < -0.3 is 5.32 Å². The summed E-state index contributed by atoms with van der Waals surface area (Å²) in [6.07, 6.45) is 4.07. The van der Waals surface area contributed by atoms with Gasteiger partial charge in [0.05, 0.1) is 5.69 Å². The molecule has 2 aliphatic rings. The third kappa shape index (κ3) is 3.28. The minimum atomic E-state index is -0.931. The van der Waals surface area contributed by atoms with Crippen LogP contribution in [-0.4, -0.2) is 16.7 Å². The molecule has 1 aromatic carbocycles. The molecule has 2 bridgehead atoms. The van der Waals surface area contributed by atoms with E-state index < -0.39 is 11.6 Å². The smallest absolute Gasteiger partial charge is 0.229 e. The molecule has 0 spiro atoms. The fourth-order valence-electron chi connectivity index (χ4n) is 4.02. The summed E-state index contributed by atoms with van der Waals surface area (Å²) in [7, 11) is 0. The van der Waals surface area contributed by atoms with E-state index in [4.69, 9.17) is 0 Å². The summed E-state index contributed by atoms with van der Waals surface area (Å²) in [6, 6.07) is 3.59. The highest BCUT2D eigenvalue weighted by atomic mass is 32.1. The van der Waals surface area contributed by atoms with Gasteiger partial charge in [-0.1, -0.05) is 6.42 Å². The first-order chi connectivity index (χ1) is 12.5. The number of aromatic nitrogens is 1. The molecule has 136 valence electrons. The van der Waals surface area contributed by atoms with Crippen LogP contribution in [0.25, 0.3) is 11.3 Å². The first-order valence-electron chi connectivity index (χ1n) is 8.77. The van der Waals surface area contributed by atoms with Crippen molar-refractivity contribution >= 4 is 28.2 Å². The molecule has 1 amide bonds. The molecule has 2 saturated carbocycles. The van der Waals surface area contributed by atoms with Gasteiger partial charge in [0.15, 0.2) is 16.8 Å². The van der Waals surface area contributed by atoms with Gasteiger partial charge in [-0.05, 0) is 43.9 Å². The summed E-state index contributed by atoms with van der Waals surface area (Å²) < 4.78 is 26.4. The van der Waals surface area contributed by atoms with Crippen LogP contribution in [0.4, 0.5) is 13.9 Å². The first-order valence-corrected chi connectivity index (χ1v) is 9.65. The standard InChI is InChI=1S/C19H18F2N2O2S/c20-14-5-4-10(8-15(14)21)16-9-26-19(22-16)23-18(25)13-6-11-2-1-3-12(7-13)17(11)24/h4-5,8-9,11-13H,1-3,6-7H2,(H,22,23,25)/t11-,12+,13?. The number of anilines is 1. The van der Waals surface area contributed by atoms with Crippen LogP contribution in [0, 0.1) is 29.4 Å². The maximum absolute atomic E-state index is 13.4. The number of hydrogen-bond donors (Lipinski definition) is 1. The van der Waals surface area contributed by atoms with E-state index in [1.165, 1.54) is 17.4 Å². The van der Waals surface area contributed by atoms with Gasteiger partial charge in [-0.3, -0.25) is 9.59 Å². The zero-order valence-electron chi connectivity index (χ0n) is 14.0. The Bertz CT molecular complexity index is 851. The van der Waals surface area contributed by atoms with Gasteiger partial charge >= 0.3 is 0 Å². The number of halogens is 2. The topological polar surface area (TPSA) is 59.1 Å². The molecule has 1 heterocycles. The lowest BCUT2D eigenvalue weighted by Gasteiger charge is -2.36. The van der Waals surface area contributed by atoms with Crippen molar-refractivity contribution in [2.45, 2.75) is 32.1 Å². The van der Waals surface area contributed by atoms with Crippen molar-refractivity contribution in [1.82, 2.24) is 4.98 Å². The zero-order valence-corrected chi connectivity index (χ0v) is 14.8. The summed E-state index contributed by atoms with van der Waals surface area (Å²) >= 11 is 1.24. The minimum Gasteiger partial charge on any atom is -0.302 e. The molecule has 7 heteroatoms. The van der Waals surface area contributed by atoms with E-state index in [1.54, 1.807) is 5.38 Å². The van der Waals surface area contributed by atoms with Crippen LogP contribution in [0.5, 0.6) is 0 Å². The highest BCUT2D eigenvalue weighted by Crippen LogP contribution is 2.40. The Labute approximate surface area is 153 Å². The average Bonchev–Trinajstić information content (AvgIpc) is 3.05. The zero-order chi connectivity index (χ0) is 18.3. The number of carbonyl (C=O) groups excluding carboxylic acids is 2. The lowest BCUT2D eigenvalue weighted by Crippen LogP contribution is -2.40. The van der Waals surface area contributed by atoms with Crippen molar-refractivity contribution < 1.29 is 18.4 Å². The molecule has 4 rings (SSSR count). The van der Waals surface area contributed by atoms with Crippen molar-refractivity contribution in [3.8, 4) is 11.3 Å². The van der Waals surface area contributed by atoms with Crippen molar-refractivity contribution in [1.29, 1.82) is 0 Å². The number of nitrogens with zero attached hydrogens (tertiary/aromatic N) is 1. The predicted molar refractivity (Wildman–Crippen MR) is 94.7 cm³/mol. The molecule has 2 fully saturated rings. The van der Waals surface area contributed by atoms with Gasteiger partial charge in [0.2, 0.25) is 5.91 Å². The number of rotatable bonds is 3. The second-order valence-electron chi connectivity index (χ2n) is 7.05. The number of hydrogen-bond acceptors (Lipinski definition) is 4. The van der Waals surface area contributed by atoms with E-state index in [-0.39, 0.29) is 23.7 Å². The molecule has 1 N–H and O–H groups in total. The fraction of sp³-hybridized carbons (Fsp3) is 0.421. The van der Waals surface area contributed by atoms with Gasteiger partial charge in [-0.25, -0.2) is 13.8 Å². The summed E-state index contributed by atoms with van der Waals surface area (Å²) in [5.41, 5.74) is 0.943. The predicted octanol–water partition coefficient (Wildman–Crippen LogP) is 4.42. The van der Waals surface area contributed by atoms with Gasteiger partial charge in [0.25, 0.3) is 0 Å². The second kappa shape index (κ2) is 6.87. The Morgan fingerprint density at radius 1 is 1.15 bits per heavy atom. The molecule has 0 saturated heterocycles. The van der Waals surface area contributed by atoms with Crippen molar-refractivity contribution in [2.24, 2.45) is 17.8 Å². The maximum atomic E-state index is 13.4. The number of amides is 1. The van der Waals surface area contributed by atoms with Crippen LogP contribution in [-0.2, 0) is 9.59 Å². The van der Waals surface area contributed by atoms with Crippen LogP contribution < -0.4 is 5.32 Å². The maximum Gasteiger partial charge on any atom is 0.229 e. The Morgan fingerprint density at radius 3 is 2.58 bits per heavy atom. The van der Waals surface area contributed by atoms with Crippen LogP contribution >= 0.6 is 11.3 Å². The molecule has 4 nitrogen and oxygen atoms in total. The Morgan fingerprint density at radius 2 is 1.88 bits per heavy atom. The van der Waals surface area contributed by atoms with Crippen molar-refractivity contribution in [3.05, 3.63) is 35.2 Å². The van der Waals surface area contributed by atoms with Gasteiger partial charge in [0, 0.05) is 28.7 Å². The Kier molecular flexibility index (Phi) is 4.56. The van der Waals surface area contributed by atoms with Crippen LogP contribution in [0.15, 0.2) is 23.6 Å². The molecule has 0 radical (unpaired) electrons. The monoisotopic (exact) mass is 376 g/mol. The number of Topliss-reactive ketones (excluding diaryl/α,β-unsaturated/α-hetero) is 1. The first kappa shape index (κ1) is 17.3. The summed E-state index contributed by atoms with van der Waals surface area (Å²) in [4.78, 5) is 29.0. The van der Waals surface area contributed by atoms with E-state index in [2.05, 4.69) is 10.3 Å². The number of ketones is 1. The van der Waals surface area contributed by atoms with Crippen LogP contribution in [0.3, 0.4) is 0 Å². The van der Waals surface area contributed by atoms with Crippen molar-refractivity contribution in [3.63, 3.8) is 0 Å². The van der Waals surface area contributed by atoms with Crippen LogP contribution in [0.2, 0.25) is 0 Å². The number of carbonyl (C=O) groups is 2. The SMILES string of the molecule is O=C(Nc1nc(-c2ccc(F)c(F)c2)cs1)C1C[C@H]2CCC[C@@H](C1)C2=O. The third-order valence-electron chi connectivity index (χ3n) is 5.37. The molecule has 2 aromatic rings.